The van der Waals surface area contributed by atoms with Crippen molar-refractivity contribution in [2.24, 2.45) is 5.92 Å². The number of halogens is 1. The van der Waals surface area contributed by atoms with Crippen molar-refractivity contribution in [1.29, 1.82) is 0 Å². The Hall–Kier alpha value is -2.62. The number of benzene rings is 2. The third-order valence-corrected chi connectivity index (χ3v) is 7.53. The number of anilines is 1. The molecule has 2 aromatic rings. The number of nitrogens with one attached hydrogen (secondary N) is 1. The van der Waals surface area contributed by atoms with E-state index in [1.54, 1.807) is 24.3 Å². The zero-order valence-electron chi connectivity index (χ0n) is 18.5. The van der Waals surface area contributed by atoms with Crippen LogP contribution in [-0.2, 0) is 19.6 Å². The first-order valence-corrected chi connectivity index (χ1v) is 12.5. The van der Waals surface area contributed by atoms with Crippen LogP contribution in [0.1, 0.15) is 37.0 Å². The standard InChI is InChI=1S/C23H27ClN2O6S/c1-3-31-19-9-7-18(8-10-19)25-22(27)15-32-23(28)17-6-11-20(24)21(13-17)33(29,30)26-12-4-5-16(2)14-26/h6-11,13,16H,3-5,12,14-15H2,1-2H3,(H,25,27). The zero-order valence-corrected chi connectivity index (χ0v) is 20.1. The lowest BCUT2D eigenvalue weighted by Crippen LogP contribution is -2.39. The van der Waals surface area contributed by atoms with E-state index in [2.05, 4.69) is 5.32 Å². The smallest absolute Gasteiger partial charge is 0.338 e. The summed E-state index contributed by atoms with van der Waals surface area (Å²) in [6.45, 7) is 4.68. The number of carbonyl (C=O) groups excluding carboxylic acids is 2. The van der Waals surface area contributed by atoms with Crippen LogP contribution in [0.5, 0.6) is 5.75 Å². The lowest BCUT2D eigenvalue weighted by atomic mass is 10.0. The van der Waals surface area contributed by atoms with E-state index < -0.39 is 28.5 Å². The molecular weight excluding hydrogens is 468 g/mol. The molecule has 0 spiro atoms. The van der Waals surface area contributed by atoms with E-state index in [1.807, 2.05) is 13.8 Å². The van der Waals surface area contributed by atoms with Crippen molar-refractivity contribution < 1.29 is 27.5 Å². The molecule has 1 atom stereocenters. The first-order valence-electron chi connectivity index (χ1n) is 10.7. The predicted octanol–water partition coefficient (Wildman–Crippen LogP) is 3.95. The number of sulfonamides is 1. The first-order chi connectivity index (χ1) is 15.7. The molecule has 33 heavy (non-hydrogen) atoms. The fourth-order valence-corrected chi connectivity index (χ4v) is 5.64. The quantitative estimate of drug-likeness (QED) is 0.557. The van der Waals surface area contributed by atoms with Gasteiger partial charge in [0.25, 0.3) is 5.91 Å². The average molecular weight is 495 g/mol. The Bertz CT molecular complexity index is 1100. The lowest BCUT2D eigenvalue weighted by molar-refractivity contribution is -0.119. The number of piperidine rings is 1. The highest BCUT2D eigenvalue weighted by atomic mass is 35.5. The molecule has 178 valence electrons. The molecule has 2 aromatic carbocycles. The number of hydrogen-bond acceptors (Lipinski definition) is 6. The molecule has 1 unspecified atom stereocenters. The van der Waals surface area contributed by atoms with E-state index in [9.17, 15) is 18.0 Å². The van der Waals surface area contributed by atoms with Crippen molar-refractivity contribution in [3.05, 3.63) is 53.1 Å². The summed E-state index contributed by atoms with van der Waals surface area (Å²) in [7, 11) is -3.86. The van der Waals surface area contributed by atoms with Crippen LogP contribution < -0.4 is 10.1 Å². The van der Waals surface area contributed by atoms with E-state index in [1.165, 1.54) is 22.5 Å². The lowest BCUT2D eigenvalue weighted by Gasteiger charge is -2.30. The number of rotatable bonds is 8. The van der Waals surface area contributed by atoms with E-state index in [0.29, 0.717) is 31.1 Å². The summed E-state index contributed by atoms with van der Waals surface area (Å²) in [5, 5.41) is 2.64. The molecule has 1 amide bonds. The Morgan fingerprint density at radius 1 is 1.18 bits per heavy atom. The molecule has 1 aliphatic heterocycles. The van der Waals surface area contributed by atoms with Gasteiger partial charge in [0.15, 0.2) is 6.61 Å². The fraction of sp³-hybridized carbons (Fsp3) is 0.391. The summed E-state index contributed by atoms with van der Waals surface area (Å²) in [5.74, 6) is -0.433. The zero-order chi connectivity index (χ0) is 24.0. The molecule has 0 bridgehead atoms. The minimum atomic E-state index is -3.86. The number of ether oxygens (including phenoxy) is 2. The van der Waals surface area contributed by atoms with Gasteiger partial charge in [-0.2, -0.15) is 4.31 Å². The van der Waals surface area contributed by atoms with Gasteiger partial charge in [-0.05, 0) is 68.1 Å². The third-order valence-electron chi connectivity index (χ3n) is 5.19. The van der Waals surface area contributed by atoms with Crippen molar-refractivity contribution in [2.75, 3.05) is 31.6 Å². The van der Waals surface area contributed by atoms with Gasteiger partial charge in [0, 0.05) is 18.8 Å². The molecule has 0 aromatic heterocycles. The SMILES string of the molecule is CCOc1ccc(NC(=O)COC(=O)c2ccc(Cl)c(S(=O)(=O)N3CCCC(C)C3)c2)cc1. The van der Waals surface area contributed by atoms with Gasteiger partial charge in [0.05, 0.1) is 17.2 Å². The Balaban J connectivity index is 1.63. The molecule has 0 aliphatic carbocycles. The summed E-state index contributed by atoms with van der Waals surface area (Å²) in [6, 6.07) is 10.7. The molecule has 0 saturated carbocycles. The van der Waals surface area contributed by atoms with Gasteiger partial charge < -0.3 is 14.8 Å². The molecule has 1 heterocycles. The van der Waals surface area contributed by atoms with Crippen LogP contribution in [0.25, 0.3) is 0 Å². The number of hydrogen-bond donors (Lipinski definition) is 1. The van der Waals surface area contributed by atoms with E-state index >= 15 is 0 Å². The molecule has 3 rings (SSSR count). The van der Waals surface area contributed by atoms with Crippen molar-refractivity contribution in [1.82, 2.24) is 4.31 Å². The summed E-state index contributed by atoms with van der Waals surface area (Å²) < 4.78 is 38.0. The highest BCUT2D eigenvalue weighted by molar-refractivity contribution is 7.89. The van der Waals surface area contributed by atoms with E-state index in [-0.39, 0.29) is 21.4 Å². The van der Waals surface area contributed by atoms with Crippen molar-refractivity contribution in [3.63, 3.8) is 0 Å². The van der Waals surface area contributed by atoms with E-state index in [4.69, 9.17) is 21.1 Å². The van der Waals surface area contributed by atoms with Gasteiger partial charge in [-0.25, -0.2) is 13.2 Å². The minimum absolute atomic E-state index is 0.00287. The minimum Gasteiger partial charge on any atom is -0.494 e. The maximum atomic E-state index is 13.1. The maximum Gasteiger partial charge on any atom is 0.338 e. The van der Waals surface area contributed by atoms with Crippen molar-refractivity contribution >= 4 is 39.2 Å². The van der Waals surface area contributed by atoms with Crippen LogP contribution >= 0.6 is 11.6 Å². The molecule has 1 aliphatic rings. The largest absolute Gasteiger partial charge is 0.494 e. The van der Waals surface area contributed by atoms with Crippen LogP contribution in [0.3, 0.4) is 0 Å². The number of nitrogens with zero attached hydrogens (tertiary/aromatic N) is 1. The van der Waals surface area contributed by atoms with Gasteiger partial charge in [-0.3, -0.25) is 4.79 Å². The van der Waals surface area contributed by atoms with Crippen LogP contribution in [0, 0.1) is 5.92 Å². The summed E-state index contributed by atoms with van der Waals surface area (Å²) >= 11 is 6.16. The first kappa shape index (κ1) is 25.0. The molecule has 8 nitrogen and oxygen atoms in total. The highest BCUT2D eigenvalue weighted by Crippen LogP contribution is 2.29. The Morgan fingerprint density at radius 3 is 2.58 bits per heavy atom. The molecule has 1 N–H and O–H groups in total. The van der Waals surface area contributed by atoms with Gasteiger partial charge in [-0.15, -0.1) is 0 Å². The topological polar surface area (TPSA) is 102 Å². The van der Waals surface area contributed by atoms with E-state index in [0.717, 1.165) is 12.8 Å². The Labute approximate surface area is 198 Å². The van der Waals surface area contributed by atoms with Crippen LogP contribution in [0.2, 0.25) is 5.02 Å². The second-order valence-electron chi connectivity index (χ2n) is 7.84. The van der Waals surface area contributed by atoms with Gasteiger partial charge in [0.1, 0.15) is 10.6 Å². The summed E-state index contributed by atoms with van der Waals surface area (Å²) in [5.41, 5.74) is 0.520. The van der Waals surface area contributed by atoms with Crippen LogP contribution in [0.4, 0.5) is 5.69 Å². The maximum absolute atomic E-state index is 13.1. The normalized spacial score (nSPS) is 16.8. The van der Waals surface area contributed by atoms with Gasteiger partial charge in [-0.1, -0.05) is 18.5 Å². The Kier molecular flexibility index (Phi) is 8.34. The highest BCUT2D eigenvalue weighted by Gasteiger charge is 2.31. The van der Waals surface area contributed by atoms with Gasteiger partial charge in [0.2, 0.25) is 10.0 Å². The summed E-state index contributed by atoms with van der Waals surface area (Å²) in [4.78, 5) is 24.5. The summed E-state index contributed by atoms with van der Waals surface area (Å²) in [6.07, 6.45) is 1.73. The van der Waals surface area contributed by atoms with Gasteiger partial charge >= 0.3 is 5.97 Å². The number of amides is 1. The Morgan fingerprint density at radius 2 is 1.91 bits per heavy atom. The average Bonchev–Trinajstić information content (AvgIpc) is 2.79. The number of esters is 1. The fourth-order valence-electron chi connectivity index (χ4n) is 3.54. The second kappa shape index (κ2) is 11.0. The molecule has 10 heteroatoms. The molecule has 1 saturated heterocycles. The molecular formula is C23H27ClN2O6S. The predicted molar refractivity (Wildman–Crippen MR) is 125 cm³/mol. The number of carbonyl (C=O) groups is 2. The van der Waals surface area contributed by atoms with Crippen molar-refractivity contribution in [3.8, 4) is 5.75 Å². The third kappa shape index (κ3) is 6.46. The second-order valence-corrected chi connectivity index (χ2v) is 10.2. The van der Waals surface area contributed by atoms with Crippen molar-refractivity contribution in [2.45, 2.75) is 31.6 Å². The van der Waals surface area contributed by atoms with Crippen LogP contribution in [-0.4, -0.2) is 50.9 Å². The molecule has 0 radical (unpaired) electrons. The van der Waals surface area contributed by atoms with Crippen LogP contribution in [0.15, 0.2) is 47.4 Å². The monoisotopic (exact) mass is 494 g/mol. The molecule has 1 fully saturated rings.